The highest BCUT2D eigenvalue weighted by molar-refractivity contribution is 5.37. The Morgan fingerprint density at radius 1 is 1.50 bits per heavy atom. The van der Waals surface area contributed by atoms with Crippen molar-refractivity contribution in [2.24, 2.45) is 0 Å². The maximum absolute atomic E-state index is 3.78. The lowest BCUT2D eigenvalue weighted by molar-refractivity contribution is 0.361. The van der Waals surface area contributed by atoms with E-state index in [1.165, 1.54) is 11.1 Å². The quantitative estimate of drug-likeness (QED) is 0.774. The fraction of sp³-hybridized carbons (Fsp3) is 0.429. The van der Waals surface area contributed by atoms with Crippen LogP contribution in [0.4, 0.5) is 0 Å². The SMILES string of the molecule is C=CCN(C)Cc1cccc2c1CCNC2. The van der Waals surface area contributed by atoms with Gasteiger partial charge in [0.25, 0.3) is 0 Å². The zero-order chi connectivity index (χ0) is 11.4. The standard InChI is InChI=1S/C14H20N2/c1-3-9-16(2)11-13-6-4-5-12-10-15-8-7-14(12)13/h3-6,15H,1,7-11H2,2H3. The van der Waals surface area contributed by atoms with E-state index in [0.717, 1.165) is 32.6 Å². The third-order valence-electron chi connectivity index (χ3n) is 3.12. The zero-order valence-electron chi connectivity index (χ0n) is 10.00. The predicted molar refractivity (Wildman–Crippen MR) is 68.4 cm³/mol. The number of benzene rings is 1. The monoisotopic (exact) mass is 216 g/mol. The Kier molecular flexibility index (Phi) is 3.75. The lowest BCUT2D eigenvalue weighted by Gasteiger charge is -2.23. The van der Waals surface area contributed by atoms with Gasteiger partial charge in [0.2, 0.25) is 0 Å². The molecule has 1 N–H and O–H groups in total. The molecular formula is C14H20N2. The van der Waals surface area contributed by atoms with Gasteiger partial charge in [-0.3, -0.25) is 4.90 Å². The fourth-order valence-electron chi connectivity index (χ4n) is 2.33. The van der Waals surface area contributed by atoms with E-state index in [0.29, 0.717) is 0 Å². The molecule has 0 fully saturated rings. The lowest BCUT2D eigenvalue weighted by atomic mass is 9.95. The van der Waals surface area contributed by atoms with E-state index in [4.69, 9.17) is 0 Å². The van der Waals surface area contributed by atoms with Crippen molar-refractivity contribution in [3.63, 3.8) is 0 Å². The van der Waals surface area contributed by atoms with Crippen LogP contribution in [0.25, 0.3) is 0 Å². The molecule has 2 nitrogen and oxygen atoms in total. The van der Waals surface area contributed by atoms with E-state index in [1.807, 2.05) is 6.08 Å². The van der Waals surface area contributed by atoms with E-state index >= 15 is 0 Å². The summed E-state index contributed by atoms with van der Waals surface area (Å²) in [7, 11) is 2.14. The normalized spacial score (nSPS) is 14.9. The number of likely N-dealkylation sites (N-methyl/N-ethyl adjacent to an activating group) is 1. The van der Waals surface area contributed by atoms with Crippen LogP contribution in [0.15, 0.2) is 30.9 Å². The third kappa shape index (κ3) is 2.52. The maximum atomic E-state index is 3.78. The average Bonchev–Trinajstić information content (AvgIpc) is 2.30. The number of hydrogen-bond acceptors (Lipinski definition) is 2. The molecule has 1 aliphatic rings. The zero-order valence-corrected chi connectivity index (χ0v) is 10.00. The van der Waals surface area contributed by atoms with Crippen molar-refractivity contribution in [1.82, 2.24) is 10.2 Å². The molecule has 0 aliphatic carbocycles. The van der Waals surface area contributed by atoms with Gasteiger partial charge in [-0.25, -0.2) is 0 Å². The van der Waals surface area contributed by atoms with Crippen LogP contribution in [0.1, 0.15) is 16.7 Å². The molecule has 0 saturated carbocycles. The van der Waals surface area contributed by atoms with Crippen LogP contribution in [0.5, 0.6) is 0 Å². The van der Waals surface area contributed by atoms with E-state index in [2.05, 4.69) is 42.0 Å². The van der Waals surface area contributed by atoms with Crippen LogP contribution in [0, 0.1) is 0 Å². The van der Waals surface area contributed by atoms with Gasteiger partial charge in [0.05, 0.1) is 0 Å². The Balaban J connectivity index is 2.17. The Morgan fingerprint density at radius 2 is 2.38 bits per heavy atom. The number of rotatable bonds is 4. The summed E-state index contributed by atoms with van der Waals surface area (Å²) < 4.78 is 0. The Morgan fingerprint density at radius 3 is 3.19 bits per heavy atom. The maximum Gasteiger partial charge on any atom is 0.0236 e. The topological polar surface area (TPSA) is 15.3 Å². The van der Waals surface area contributed by atoms with E-state index < -0.39 is 0 Å². The molecule has 0 saturated heterocycles. The van der Waals surface area contributed by atoms with Gasteiger partial charge in [0.1, 0.15) is 0 Å². The molecule has 1 aromatic rings. The van der Waals surface area contributed by atoms with Crippen molar-refractivity contribution in [3.8, 4) is 0 Å². The van der Waals surface area contributed by atoms with Gasteiger partial charge in [0, 0.05) is 19.6 Å². The highest BCUT2D eigenvalue weighted by atomic mass is 15.1. The summed E-state index contributed by atoms with van der Waals surface area (Å²) >= 11 is 0. The van der Waals surface area contributed by atoms with E-state index in [-0.39, 0.29) is 0 Å². The fourth-order valence-corrected chi connectivity index (χ4v) is 2.33. The summed E-state index contributed by atoms with van der Waals surface area (Å²) in [4.78, 5) is 2.30. The first-order chi connectivity index (χ1) is 7.81. The van der Waals surface area contributed by atoms with Crippen molar-refractivity contribution < 1.29 is 0 Å². The highest BCUT2D eigenvalue weighted by Gasteiger charge is 2.12. The van der Waals surface area contributed by atoms with Crippen LogP contribution in [-0.4, -0.2) is 25.0 Å². The molecule has 86 valence electrons. The first-order valence-corrected chi connectivity index (χ1v) is 5.91. The minimum Gasteiger partial charge on any atom is -0.312 e. The minimum atomic E-state index is 0.946. The van der Waals surface area contributed by atoms with Gasteiger partial charge in [-0.15, -0.1) is 6.58 Å². The van der Waals surface area contributed by atoms with Crippen molar-refractivity contribution in [2.75, 3.05) is 20.1 Å². The number of nitrogens with zero attached hydrogens (tertiary/aromatic N) is 1. The summed E-state index contributed by atoms with van der Waals surface area (Å²) in [5, 5.41) is 3.42. The molecular weight excluding hydrogens is 196 g/mol. The molecule has 2 heteroatoms. The van der Waals surface area contributed by atoms with Gasteiger partial charge in [-0.2, -0.15) is 0 Å². The van der Waals surface area contributed by atoms with Crippen molar-refractivity contribution in [3.05, 3.63) is 47.5 Å². The molecule has 0 spiro atoms. The lowest BCUT2D eigenvalue weighted by Crippen LogP contribution is -2.26. The molecule has 0 radical (unpaired) electrons. The second-order valence-electron chi connectivity index (χ2n) is 4.47. The molecule has 1 aromatic carbocycles. The first kappa shape index (κ1) is 11.4. The van der Waals surface area contributed by atoms with Crippen LogP contribution in [0.3, 0.4) is 0 Å². The van der Waals surface area contributed by atoms with Crippen molar-refractivity contribution in [1.29, 1.82) is 0 Å². The van der Waals surface area contributed by atoms with Crippen LogP contribution < -0.4 is 5.32 Å². The molecule has 1 aliphatic heterocycles. The number of fused-ring (bicyclic) bond motifs is 1. The summed E-state index contributed by atoms with van der Waals surface area (Å²) in [6.07, 6.45) is 3.12. The van der Waals surface area contributed by atoms with Gasteiger partial charge >= 0.3 is 0 Å². The smallest absolute Gasteiger partial charge is 0.0236 e. The molecule has 0 atom stereocenters. The largest absolute Gasteiger partial charge is 0.312 e. The van der Waals surface area contributed by atoms with Gasteiger partial charge < -0.3 is 5.32 Å². The van der Waals surface area contributed by atoms with Crippen molar-refractivity contribution >= 4 is 0 Å². The summed E-state index contributed by atoms with van der Waals surface area (Å²) in [5.74, 6) is 0. The van der Waals surface area contributed by atoms with Crippen LogP contribution >= 0.6 is 0 Å². The number of nitrogens with one attached hydrogen (secondary N) is 1. The number of hydrogen-bond donors (Lipinski definition) is 1. The predicted octanol–water partition coefficient (Wildman–Crippen LogP) is 1.95. The molecule has 0 unspecified atom stereocenters. The van der Waals surface area contributed by atoms with Gasteiger partial charge in [0.15, 0.2) is 0 Å². The summed E-state index contributed by atoms with van der Waals surface area (Å²) in [6, 6.07) is 6.66. The van der Waals surface area contributed by atoms with Crippen molar-refractivity contribution in [2.45, 2.75) is 19.5 Å². The van der Waals surface area contributed by atoms with E-state index in [9.17, 15) is 0 Å². The second kappa shape index (κ2) is 5.28. The van der Waals surface area contributed by atoms with Crippen LogP contribution in [-0.2, 0) is 19.5 Å². The molecule has 0 bridgehead atoms. The van der Waals surface area contributed by atoms with Gasteiger partial charge in [-0.05, 0) is 36.7 Å². The summed E-state index contributed by atoms with van der Waals surface area (Å²) in [5.41, 5.74) is 4.50. The van der Waals surface area contributed by atoms with Gasteiger partial charge in [-0.1, -0.05) is 24.3 Å². The van der Waals surface area contributed by atoms with Crippen LogP contribution in [0.2, 0.25) is 0 Å². The first-order valence-electron chi connectivity index (χ1n) is 5.91. The molecule has 0 amide bonds. The molecule has 0 aromatic heterocycles. The second-order valence-corrected chi connectivity index (χ2v) is 4.47. The molecule has 1 heterocycles. The molecule has 2 rings (SSSR count). The summed E-state index contributed by atoms with van der Waals surface area (Å²) in [6.45, 7) is 7.88. The Bertz CT molecular complexity index is 371. The Labute approximate surface area is 98.0 Å². The Hall–Kier alpha value is -1.12. The highest BCUT2D eigenvalue weighted by Crippen LogP contribution is 2.19. The third-order valence-corrected chi connectivity index (χ3v) is 3.12. The van der Waals surface area contributed by atoms with E-state index in [1.54, 1.807) is 5.56 Å². The minimum absolute atomic E-state index is 0.946. The molecule has 16 heavy (non-hydrogen) atoms. The average molecular weight is 216 g/mol.